The zero-order valence-corrected chi connectivity index (χ0v) is 14.8. The number of nitrogens with zero attached hydrogens (tertiary/aromatic N) is 2. The summed E-state index contributed by atoms with van der Waals surface area (Å²) in [7, 11) is 0. The summed E-state index contributed by atoms with van der Waals surface area (Å²) in [6.07, 6.45) is 0.163. The number of rotatable bonds is 5. The molecule has 1 fully saturated rings. The minimum absolute atomic E-state index is 0.163. The van der Waals surface area contributed by atoms with Crippen LogP contribution in [0.4, 0.5) is 4.39 Å². The van der Waals surface area contributed by atoms with Gasteiger partial charge in [0, 0.05) is 26.2 Å². The van der Waals surface area contributed by atoms with Crippen molar-refractivity contribution in [3.63, 3.8) is 0 Å². The van der Waals surface area contributed by atoms with Gasteiger partial charge in [-0.25, -0.2) is 4.39 Å². The van der Waals surface area contributed by atoms with Crippen molar-refractivity contribution in [2.75, 3.05) is 13.1 Å². The molecule has 3 aromatic carbocycles. The monoisotopic (exact) mass is 346 g/mol. The van der Waals surface area contributed by atoms with Gasteiger partial charge in [-0.15, -0.1) is 0 Å². The predicted octanol–water partition coefficient (Wildman–Crippen LogP) is 4.84. The lowest BCUT2D eigenvalue weighted by atomic mass is 10.1. The molecule has 0 radical (unpaired) electrons. The second kappa shape index (κ2) is 7.81. The number of benzene rings is 3. The van der Waals surface area contributed by atoms with Crippen molar-refractivity contribution in [1.82, 2.24) is 9.80 Å². The fourth-order valence-electron chi connectivity index (χ4n) is 3.76. The van der Waals surface area contributed by atoms with E-state index in [1.54, 1.807) is 12.1 Å². The normalized spacial score (nSPS) is 16.2. The van der Waals surface area contributed by atoms with Gasteiger partial charge in [0.15, 0.2) is 0 Å². The standard InChI is InChI=1S/C23H23FN2/c24-22-13-11-21(12-14-22)23-25(17-19-7-3-1-4-8-19)15-16-26(23)18-20-9-5-2-6-10-20/h1-14,23H,15-18H2. The third-order valence-electron chi connectivity index (χ3n) is 4.99. The van der Waals surface area contributed by atoms with Crippen molar-refractivity contribution in [3.8, 4) is 0 Å². The summed E-state index contributed by atoms with van der Waals surface area (Å²) in [4.78, 5) is 4.96. The van der Waals surface area contributed by atoms with Gasteiger partial charge in [0.1, 0.15) is 5.82 Å². The van der Waals surface area contributed by atoms with Gasteiger partial charge in [-0.1, -0.05) is 72.8 Å². The van der Waals surface area contributed by atoms with Crippen LogP contribution in [0.15, 0.2) is 84.9 Å². The molecule has 132 valence electrons. The van der Waals surface area contributed by atoms with Crippen LogP contribution in [-0.4, -0.2) is 22.9 Å². The first-order valence-corrected chi connectivity index (χ1v) is 9.11. The summed E-state index contributed by atoms with van der Waals surface area (Å²) < 4.78 is 13.4. The molecule has 0 N–H and O–H groups in total. The molecule has 0 spiro atoms. The second-order valence-corrected chi connectivity index (χ2v) is 6.84. The van der Waals surface area contributed by atoms with Gasteiger partial charge in [-0.3, -0.25) is 9.80 Å². The van der Waals surface area contributed by atoms with Crippen LogP contribution in [0.25, 0.3) is 0 Å². The highest BCUT2D eigenvalue weighted by Crippen LogP contribution is 2.32. The maximum absolute atomic E-state index is 13.4. The number of hydrogen-bond donors (Lipinski definition) is 0. The molecule has 0 aliphatic carbocycles. The van der Waals surface area contributed by atoms with Crippen LogP contribution in [0, 0.1) is 5.82 Å². The van der Waals surface area contributed by atoms with E-state index in [1.165, 1.54) is 11.1 Å². The smallest absolute Gasteiger partial charge is 0.123 e. The Morgan fingerprint density at radius 1 is 0.654 bits per heavy atom. The predicted molar refractivity (Wildman–Crippen MR) is 103 cm³/mol. The summed E-state index contributed by atoms with van der Waals surface area (Å²) in [6, 6.07) is 28.1. The Morgan fingerprint density at radius 3 is 1.58 bits per heavy atom. The largest absolute Gasteiger partial charge is 0.279 e. The highest BCUT2D eigenvalue weighted by molar-refractivity contribution is 5.23. The molecule has 0 amide bonds. The van der Waals surface area contributed by atoms with Crippen LogP contribution in [0.2, 0.25) is 0 Å². The van der Waals surface area contributed by atoms with Crippen LogP contribution in [-0.2, 0) is 13.1 Å². The highest BCUT2D eigenvalue weighted by Gasteiger charge is 2.33. The number of halogens is 1. The fourth-order valence-corrected chi connectivity index (χ4v) is 3.76. The molecular weight excluding hydrogens is 323 g/mol. The second-order valence-electron chi connectivity index (χ2n) is 6.84. The van der Waals surface area contributed by atoms with Gasteiger partial charge in [0.2, 0.25) is 0 Å². The Labute approximate surface area is 154 Å². The molecule has 3 heteroatoms. The Bertz CT molecular complexity index is 768. The van der Waals surface area contributed by atoms with Crippen molar-refractivity contribution in [2.24, 2.45) is 0 Å². The summed E-state index contributed by atoms with van der Waals surface area (Å²) in [5, 5.41) is 0. The first-order valence-electron chi connectivity index (χ1n) is 9.11. The van der Waals surface area contributed by atoms with Crippen LogP contribution < -0.4 is 0 Å². The Balaban J connectivity index is 1.60. The zero-order valence-electron chi connectivity index (χ0n) is 14.8. The van der Waals surface area contributed by atoms with Crippen molar-refractivity contribution >= 4 is 0 Å². The average molecular weight is 346 g/mol. The van der Waals surface area contributed by atoms with E-state index in [4.69, 9.17) is 0 Å². The first kappa shape index (κ1) is 17.0. The molecule has 0 bridgehead atoms. The molecule has 26 heavy (non-hydrogen) atoms. The van der Waals surface area contributed by atoms with Crippen molar-refractivity contribution in [1.29, 1.82) is 0 Å². The molecule has 1 heterocycles. The first-order chi connectivity index (χ1) is 12.8. The molecule has 3 aromatic rings. The van der Waals surface area contributed by atoms with Crippen LogP contribution >= 0.6 is 0 Å². The van der Waals surface area contributed by atoms with Crippen molar-refractivity contribution in [3.05, 3.63) is 107 Å². The van der Waals surface area contributed by atoms with Gasteiger partial charge < -0.3 is 0 Å². The number of hydrogen-bond acceptors (Lipinski definition) is 2. The minimum atomic E-state index is -0.184. The summed E-state index contributed by atoms with van der Waals surface area (Å²) >= 11 is 0. The Kier molecular flexibility index (Phi) is 5.09. The maximum atomic E-state index is 13.4. The van der Waals surface area contributed by atoms with E-state index >= 15 is 0 Å². The summed E-state index contributed by atoms with van der Waals surface area (Å²) in [6.45, 7) is 3.80. The molecule has 0 atom stereocenters. The molecule has 0 unspecified atom stereocenters. The van der Waals surface area contributed by atoms with E-state index in [1.807, 2.05) is 24.3 Å². The van der Waals surface area contributed by atoms with Gasteiger partial charge in [0.25, 0.3) is 0 Å². The lowest BCUT2D eigenvalue weighted by Gasteiger charge is -2.31. The lowest BCUT2D eigenvalue weighted by molar-refractivity contribution is 0.126. The van der Waals surface area contributed by atoms with Crippen molar-refractivity contribution in [2.45, 2.75) is 19.3 Å². The molecule has 0 saturated carbocycles. The van der Waals surface area contributed by atoms with E-state index in [0.29, 0.717) is 0 Å². The minimum Gasteiger partial charge on any atom is -0.279 e. The van der Waals surface area contributed by atoms with Gasteiger partial charge in [-0.05, 0) is 28.8 Å². The SMILES string of the molecule is Fc1ccc(C2N(Cc3ccccc3)CCN2Cc2ccccc2)cc1. The zero-order chi connectivity index (χ0) is 17.8. The van der Waals surface area contributed by atoms with Crippen LogP contribution in [0.1, 0.15) is 22.9 Å². The molecular formula is C23H23FN2. The Morgan fingerprint density at radius 2 is 1.12 bits per heavy atom. The Hall–Kier alpha value is -2.49. The van der Waals surface area contributed by atoms with Gasteiger partial charge in [0.05, 0.1) is 6.17 Å². The summed E-state index contributed by atoms with van der Waals surface area (Å²) in [5.41, 5.74) is 3.76. The quantitative estimate of drug-likeness (QED) is 0.652. The van der Waals surface area contributed by atoms with E-state index in [9.17, 15) is 4.39 Å². The van der Waals surface area contributed by atoms with Gasteiger partial charge >= 0.3 is 0 Å². The molecule has 1 aliphatic heterocycles. The molecule has 4 rings (SSSR count). The van der Waals surface area contributed by atoms with Crippen LogP contribution in [0.5, 0.6) is 0 Å². The third-order valence-corrected chi connectivity index (χ3v) is 4.99. The van der Waals surface area contributed by atoms with Crippen molar-refractivity contribution < 1.29 is 4.39 Å². The van der Waals surface area contributed by atoms with Gasteiger partial charge in [-0.2, -0.15) is 0 Å². The lowest BCUT2D eigenvalue weighted by Crippen LogP contribution is -2.30. The fraction of sp³-hybridized carbons (Fsp3) is 0.217. The third kappa shape index (κ3) is 3.85. The molecule has 1 aliphatic rings. The van der Waals surface area contributed by atoms with E-state index in [2.05, 4.69) is 58.3 Å². The van der Waals surface area contributed by atoms with E-state index in [0.717, 1.165) is 31.7 Å². The average Bonchev–Trinajstić information content (AvgIpc) is 3.06. The van der Waals surface area contributed by atoms with Crippen LogP contribution in [0.3, 0.4) is 0 Å². The molecule has 0 aromatic heterocycles. The highest BCUT2D eigenvalue weighted by atomic mass is 19.1. The van der Waals surface area contributed by atoms with E-state index < -0.39 is 0 Å². The molecule has 1 saturated heterocycles. The maximum Gasteiger partial charge on any atom is 0.123 e. The van der Waals surface area contributed by atoms with E-state index in [-0.39, 0.29) is 12.0 Å². The molecule has 2 nitrogen and oxygen atoms in total. The topological polar surface area (TPSA) is 6.48 Å². The summed E-state index contributed by atoms with van der Waals surface area (Å²) in [5.74, 6) is -0.184.